The summed E-state index contributed by atoms with van der Waals surface area (Å²) in [7, 11) is 0. The number of benzene rings is 1. The van der Waals surface area contributed by atoms with Crippen molar-refractivity contribution in [1.29, 1.82) is 0 Å². The zero-order chi connectivity index (χ0) is 18.8. The van der Waals surface area contributed by atoms with Crippen molar-refractivity contribution in [2.45, 2.75) is 44.7 Å². The number of ether oxygens (including phenoxy) is 2. The van der Waals surface area contributed by atoms with Crippen molar-refractivity contribution >= 4 is 29.8 Å². The van der Waals surface area contributed by atoms with Gasteiger partial charge in [-0.3, -0.25) is 9.69 Å². The molecule has 1 aromatic carbocycles. The predicted molar refractivity (Wildman–Crippen MR) is 92.4 cm³/mol. The fourth-order valence-corrected chi connectivity index (χ4v) is 3.84. The summed E-state index contributed by atoms with van der Waals surface area (Å²) in [6.07, 6.45) is -0.715. The third-order valence-corrected chi connectivity index (χ3v) is 4.63. The van der Waals surface area contributed by atoms with E-state index in [4.69, 9.17) is 9.47 Å². The molecule has 1 amide bonds. The Bertz CT molecular complexity index is 684. The maximum atomic E-state index is 12.6. The minimum Gasteiger partial charge on any atom is -0.480 e. The van der Waals surface area contributed by atoms with Crippen LogP contribution in [0, 0.1) is 0 Å². The molecular formula is C17H21NO6S. The van der Waals surface area contributed by atoms with Crippen molar-refractivity contribution in [2.75, 3.05) is 5.75 Å². The van der Waals surface area contributed by atoms with Gasteiger partial charge in [-0.25, -0.2) is 9.59 Å². The van der Waals surface area contributed by atoms with Crippen molar-refractivity contribution in [3.8, 4) is 5.75 Å². The van der Waals surface area contributed by atoms with Gasteiger partial charge in [-0.05, 0) is 26.8 Å². The fraction of sp³-hybridized carbons (Fsp3) is 0.471. The van der Waals surface area contributed by atoms with Crippen LogP contribution in [0.2, 0.25) is 0 Å². The Labute approximate surface area is 150 Å². The van der Waals surface area contributed by atoms with Gasteiger partial charge in [0.25, 0.3) is 0 Å². The Morgan fingerprint density at radius 1 is 1.24 bits per heavy atom. The van der Waals surface area contributed by atoms with E-state index in [2.05, 4.69) is 0 Å². The minimum absolute atomic E-state index is 0.216. The molecular weight excluding hydrogens is 346 g/mol. The molecule has 1 fully saturated rings. The number of hydrogen-bond donors (Lipinski definition) is 1. The quantitative estimate of drug-likeness (QED) is 0.648. The molecule has 136 valence electrons. The average Bonchev–Trinajstić information content (AvgIpc) is 2.90. The lowest BCUT2D eigenvalue weighted by Crippen LogP contribution is -2.45. The first-order chi connectivity index (χ1) is 11.6. The first-order valence-corrected chi connectivity index (χ1v) is 8.78. The fourth-order valence-electron chi connectivity index (χ4n) is 2.41. The summed E-state index contributed by atoms with van der Waals surface area (Å²) in [6.45, 7) is 6.42. The van der Waals surface area contributed by atoms with E-state index in [1.54, 1.807) is 45.0 Å². The molecule has 2 rings (SSSR count). The topological polar surface area (TPSA) is 93.1 Å². The number of para-hydroxylation sites is 1. The van der Waals surface area contributed by atoms with Gasteiger partial charge in [0.05, 0.1) is 0 Å². The molecule has 1 aromatic rings. The number of hydrogen-bond acceptors (Lipinski definition) is 6. The third-order valence-electron chi connectivity index (χ3n) is 3.33. The van der Waals surface area contributed by atoms with E-state index < -0.39 is 35.0 Å². The molecule has 2 atom stereocenters. The van der Waals surface area contributed by atoms with Gasteiger partial charge >= 0.3 is 18.0 Å². The number of amides is 1. The second kappa shape index (κ2) is 7.35. The molecule has 0 bridgehead atoms. The maximum Gasteiger partial charge on any atom is 0.412 e. The summed E-state index contributed by atoms with van der Waals surface area (Å²) in [5, 5.41) is 8.84. The zero-order valence-corrected chi connectivity index (χ0v) is 15.3. The van der Waals surface area contributed by atoms with Gasteiger partial charge < -0.3 is 14.6 Å². The van der Waals surface area contributed by atoms with E-state index in [0.29, 0.717) is 11.3 Å². The Morgan fingerprint density at radius 2 is 1.88 bits per heavy atom. The molecule has 1 saturated heterocycles. The average molecular weight is 367 g/mol. The van der Waals surface area contributed by atoms with Gasteiger partial charge in [-0.2, -0.15) is 0 Å². The van der Waals surface area contributed by atoms with E-state index in [1.165, 1.54) is 23.6 Å². The second-order valence-electron chi connectivity index (χ2n) is 6.56. The molecule has 1 aliphatic heterocycles. The summed E-state index contributed by atoms with van der Waals surface area (Å²) in [6, 6.07) is 5.74. The van der Waals surface area contributed by atoms with Crippen molar-refractivity contribution in [1.82, 2.24) is 4.90 Å². The molecule has 8 heteroatoms. The number of thioether (sulfide) groups is 1. The molecule has 0 radical (unpaired) electrons. The van der Waals surface area contributed by atoms with Crippen molar-refractivity contribution in [3.63, 3.8) is 0 Å². The molecule has 0 aromatic heterocycles. The second-order valence-corrected chi connectivity index (χ2v) is 7.67. The first-order valence-electron chi connectivity index (χ1n) is 7.73. The van der Waals surface area contributed by atoms with Crippen molar-refractivity contribution in [2.24, 2.45) is 0 Å². The Balaban J connectivity index is 2.40. The van der Waals surface area contributed by atoms with Crippen LogP contribution < -0.4 is 4.74 Å². The van der Waals surface area contributed by atoms with E-state index in [-0.39, 0.29) is 5.75 Å². The molecule has 0 saturated carbocycles. The summed E-state index contributed by atoms with van der Waals surface area (Å²) >= 11 is 1.29. The SMILES string of the molecule is CC(=O)Oc1ccccc1[C@H]1SC[C@@H](C(=O)O)N1C(=O)OC(C)(C)C. The summed E-state index contributed by atoms with van der Waals surface area (Å²) < 4.78 is 10.6. The number of carboxylic acids is 1. The van der Waals surface area contributed by atoms with Crippen LogP contribution in [0.4, 0.5) is 4.79 Å². The van der Waals surface area contributed by atoms with Gasteiger partial charge in [0.15, 0.2) is 0 Å². The highest BCUT2D eigenvalue weighted by atomic mass is 32.2. The van der Waals surface area contributed by atoms with E-state index in [9.17, 15) is 19.5 Å². The molecule has 0 spiro atoms. The van der Waals surface area contributed by atoms with Gasteiger partial charge in [-0.15, -0.1) is 11.8 Å². The van der Waals surface area contributed by atoms with E-state index >= 15 is 0 Å². The predicted octanol–water partition coefficient (Wildman–Crippen LogP) is 3.05. The van der Waals surface area contributed by atoms with Gasteiger partial charge in [0.1, 0.15) is 22.8 Å². The molecule has 1 N–H and O–H groups in total. The minimum atomic E-state index is -1.11. The molecule has 1 heterocycles. The standard InChI is InChI=1S/C17H21NO6S/c1-10(19)23-13-8-6-5-7-11(13)14-18(12(9-25-14)15(20)21)16(22)24-17(2,3)4/h5-8,12,14H,9H2,1-4H3,(H,20,21)/t12-,14+/m0/s1. The lowest BCUT2D eigenvalue weighted by molar-refractivity contribution is -0.142. The smallest absolute Gasteiger partial charge is 0.412 e. The van der Waals surface area contributed by atoms with Crippen LogP contribution in [0.1, 0.15) is 38.6 Å². The van der Waals surface area contributed by atoms with Crippen LogP contribution in [0.5, 0.6) is 5.75 Å². The summed E-state index contributed by atoms with van der Waals surface area (Å²) in [4.78, 5) is 36.7. The molecule has 7 nitrogen and oxygen atoms in total. The van der Waals surface area contributed by atoms with Crippen LogP contribution in [0.15, 0.2) is 24.3 Å². The van der Waals surface area contributed by atoms with Crippen LogP contribution in [0.3, 0.4) is 0 Å². The van der Waals surface area contributed by atoms with Crippen LogP contribution in [0.25, 0.3) is 0 Å². The number of rotatable bonds is 3. The first kappa shape index (κ1) is 19.1. The number of carbonyl (C=O) groups excluding carboxylic acids is 2. The van der Waals surface area contributed by atoms with Crippen LogP contribution in [-0.4, -0.2) is 45.4 Å². The van der Waals surface area contributed by atoms with Crippen LogP contribution >= 0.6 is 11.8 Å². The highest BCUT2D eigenvalue weighted by Gasteiger charge is 2.45. The Kier molecular flexibility index (Phi) is 5.62. The van der Waals surface area contributed by atoms with Gasteiger partial charge in [0, 0.05) is 18.2 Å². The maximum absolute atomic E-state index is 12.6. The number of esters is 1. The number of nitrogens with zero attached hydrogens (tertiary/aromatic N) is 1. The van der Waals surface area contributed by atoms with Gasteiger partial charge in [-0.1, -0.05) is 18.2 Å². The molecule has 25 heavy (non-hydrogen) atoms. The van der Waals surface area contributed by atoms with Gasteiger partial charge in [0.2, 0.25) is 0 Å². The summed E-state index contributed by atoms with van der Waals surface area (Å²) in [5.41, 5.74) is -0.204. The lowest BCUT2D eigenvalue weighted by Gasteiger charge is -2.31. The third kappa shape index (κ3) is 4.66. The lowest BCUT2D eigenvalue weighted by atomic mass is 10.1. The number of carbonyl (C=O) groups is 3. The largest absolute Gasteiger partial charge is 0.480 e. The highest BCUT2D eigenvalue weighted by molar-refractivity contribution is 7.99. The number of aliphatic carboxylic acids is 1. The molecule has 0 unspecified atom stereocenters. The highest BCUT2D eigenvalue weighted by Crippen LogP contribution is 2.45. The Morgan fingerprint density at radius 3 is 2.44 bits per heavy atom. The summed E-state index contributed by atoms with van der Waals surface area (Å²) in [5.74, 6) is -1.08. The Hall–Kier alpha value is -2.22. The van der Waals surface area contributed by atoms with E-state index in [1.807, 2.05) is 0 Å². The van der Waals surface area contributed by atoms with E-state index in [0.717, 1.165) is 0 Å². The van der Waals surface area contributed by atoms with Crippen molar-refractivity contribution in [3.05, 3.63) is 29.8 Å². The van der Waals surface area contributed by atoms with Crippen molar-refractivity contribution < 1.29 is 29.0 Å². The van der Waals surface area contributed by atoms with Crippen LogP contribution in [-0.2, 0) is 14.3 Å². The molecule has 1 aliphatic rings. The molecule has 0 aliphatic carbocycles. The number of carboxylic acid groups (broad SMARTS) is 1. The monoisotopic (exact) mass is 367 g/mol. The zero-order valence-electron chi connectivity index (χ0n) is 14.5. The normalized spacial score (nSPS) is 20.2.